The third kappa shape index (κ3) is 2.34. The number of benzene rings is 1. The van der Waals surface area contributed by atoms with Crippen molar-refractivity contribution in [3.63, 3.8) is 0 Å². The third-order valence-electron chi connectivity index (χ3n) is 4.01. The molecule has 0 bridgehead atoms. The van der Waals surface area contributed by atoms with Crippen LogP contribution in [0.3, 0.4) is 0 Å². The smallest absolute Gasteiger partial charge is 0.0861 e. The topological polar surface area (TPSA) is 45.5 Å². The van der Waals surface area contributed by atoms with Gasteiger partial charge in [-0.15, -0.1) is 0 Å². The van der Waals surface area contributed by atoms with Gasteiger partial charge in [0, 0.05) is 34.1 Å². The van der Waals surface area contributed by atoms with E-state index in [-0.39, 0.29) is 5.54 Å². The summed E-state index contributed by atoms with van der Waals surface area (Å²) in [5.74, 6) is 0. The van der Waals surface area contributed by atoms with Gasteiger partial charge in [0.25, 0.3) is 0 Å². The van der Waals surface area contributed by atoms with Crippen molar-refractivity contribution in [1.29, 1.82) is 0 Å². The minimum Gasteiger partial charge on any atom is -0.386 e. The number of hydrogen-bond acceptors (Lipinski definition) is 3. The average molecular weight is 315 g/mol. The zero-order valence-corrected chi connectivity index (χ0v) is 13.9. The molecule has 4 heteroatoms. The van der Waals surface area contributed by atoms with Crippen molar-refractivity contribution in [2.24, 2.45) is 4.99 Å². The fraction of sp³-hybridized carbons (Fsp3) is 0.333. The van der Waals surface area contributed by atoms with Crippen molar-refractivity contribution in [1.82, 2.24) is 4.98 Å². The van der Waals surface area contributed by atoms with Crippen LogP contribution in [-0.4, -0.2) is 15.8 Å². The quantitative estimate of drug-likeness (QED) is 0.909. The second-order valence-corrected chi connectivity index (χ2v) is 7.07. The van der Waals surface area contributed by atoms with Gasteiger partial charge in [0.1, 0.15) is 0 Å². The third-order valence-corrected chi connectivity index (χ3v) is 4.32. The van der Waals surface area contributed by atoms with Crippen LogP contribution >= 0.6 is 11.6 Å². The van der Waals surface area contributed by atoms with Crippen LogP contribution in [0.15, 0.2) is 41.7 Å². The fourth-order valence-corrected chi connectivity index (χ4v) is 3.47. The van der Waals surface area contributed by atoms with E-state index in [4.69, 9.17) is 16.6 Å². The van der Waals surface area contributed by atoms with Crippen LogP contribution in [0, 0.1) is 0 Å². The highest BCUT2D eigenvalue weighted by Crippen LogP contribution is 2.39. The molecule has 2 heterocycles. The van der Waals surface area contributed by atoms with Gasteiger partial charge >= 0.3 is 0 Å². The fourth-order valence-electron chi connectivity index (χ4n) is 3.07. The lowest BCUT2D eigenvalue weighted by Gasteiger charge is -2.23. The summed E-state index contributed by atoms with van der Waals surface area (Å²) in [6.07, 6.45) is 3.62. The van der Waals surface area contributed by atoms with Crippen LogP contribution in [-0.2, 0) is 11.1 Å². The molecule has 114 valence electrons. The lowest BCUT2D eigenvalue weighted by atomic mass is 9.88. The molecule has 3 nitrogen and oxygen atoms in total. The maximum atomic E-state index is 10.5. The van der Waals surface area contributed by atoms with E-state index in [0.29, 0.717) is 10.6 Å². The standard InChI is InChI=1S/C18H19ClN2O/c1-17(2)13-8-9-20-10-12(13)16(21-17)11-6-5-7-14(19)15(11)18(3,4)22/h5-10,22H,1-4H3. The molecule has 2 aromatic rings. The van der Waals surface area contributed by atoms with Crippen molar-refractivity contribution < 1.29 is 5.11 Å². The van der Waals surface area contributed by atoms with Crippen LogP contribution < -0.4 is 0 Å². The van der Waals surface area contributed by atoms with Gasteiger partial charge in [-0.2, -0.15) is 0 Å². The Morgan fingerprint density at radius 3 is 2.55 bits per heavy atom. The predicted molar refractivity (Wildman–Crippen MR) is 89.6 cm³/mol. The van der Waals surface area contributed by atoms with E-state index >= 15 is 0 Å². The summed E-state index contributed by atoms with van der Waals surface area (Å²) in [5.41, 5.74) is 3.17. The van der Waals surface area contributed by atoms with E-state index in [1.165, 1.54) is 0 Å². The molecule has 3 rings (SSSR count). The summed E-state index contributed by atoms with van der Waals surface area (Å²) in [6.45, 7) is 7.63. The van der Waals surface area contributed by atoms with E-state index in [9.17, 15) is 5.11 Å². The first-order valence-corrected chi connectivity index (χ1v) is 7.66. The first-order chi connectivity index (χ1) is 10.2. The lowest BCUT2D eigenvalue weighted by molar-refractivity contribution is 0.0785. The molecule has 0 fully saturated rings. The van der Waals surface area contributed by atoms with Gasteiger partial charge in [-0.1, -0.05) is 23.7 Å². The Morgan fingerprint density at radius 1 is 1.14 bits per heavy atom. The van der Waals surface area contributed by atoms with Gasteiger partial charge in [0.2, 0.25) is 0 Å². The van der Waals surface area contributed by atoms with E-state index in [0.717, 1.165) is 22.4 Å². The SMILES string of the molecule is CC(C)(O)c1c(Cl)cccc1C1=NC(C)(C)c2ccncc21. The number of aromatic nitrogens is 1. The Bertz CT molecular complexity index is 773. The van der Waals surface area contributed by atoms with Gasteiger partial charge < -0.3 is 5.11 Å². The summed E-state index contributed by atoms with van der Waals surface area (Å²) in [6, 6.07) is 7.64. The van der Waals surface area contributed by atoms with E-state index < -0.39 is 5.60 Å². The Morgan fingerprint density at radius 2 is 1.86 bits per heavy atom. The highest BCUT2D eigenvalue weighted by molar-refractivity contribution is 6.32. The minimum absolute atomic E-state index is 0.313. The normalized spacial score (nSPS) is 16.4. The first-order valence-electron chi connectivity index (χ1n) is 7.28. The van der Waals surface area contributed by atoms with Gasteiger partial charge in [0.15, 0.2) is 0 Å². The molecular weight excluding hydrogens is 296 g/mol. The van der Waals surface area contributed by atoms with Gasteiger partial charge in [-0.05, 0) is 45.4 Å². The van der Waals surface area contributed by atoms with Crippen LogP contribution in [0.2, 0.25) is 5.02 Å². The molecule has 0 saturated heterocycles. The van der Waals surface area contributed by atoms with Crippen molar-refractivity contribution in [2.75, 3.05) is 0 Å². The van der Waals surface area contributed by atoms with Crippen LogP contribution in [0.1, 0.15) is 49.9 Å². The summed E-state index contributed by atoms with van der Waals surface area (Å²) in [7, 11) is 0. The van der Waals surface area contributed by atoms with Crippen molar-refractivity contribution in [2.45, 2.75) is 38.8 Å². The maximum Gasteiger partial charge on any atom is 0.0861 e. The molecule has 0 aliphatic carbocycles. The number of fused-ring (bicyclic) bond motifs is 1. The molecular formula is C18H19ClN2O. The average Bonchev–Trinajstić information content (AvgIpc) is 2.70. The monoisotopic (exact) mass is 314 g/mol. The van der Waals surface area contributed by atoms with Crippen LogP contribution in [0.4, 0.5) is 0 Å². The van der Waals surface area contributed by atoms with Gasteiger partial charge in [0.05, 0.1) is 16.9 Å². The number of hydrogen-bond donors (Lipinski definition) is 1. The highest BCUT2D eigenvalue weighted by Gasteiger charge is 2.35. The number of halogens is 1. The lowest BCUT2D eigenvalue weighted by Crippen LogP contribution is -2.21. The molecule has 1 aromatic carbocycles. The van der Waals surface area contributed by atoms with Crippen LogP contribution in [0.5, 0.6) is 0 Å². The maximum absolute atomic E-state index is 10.5. The zero-order chi connectivity index (χ0) is 16.1. The Balaban J connectivity index is 2.29. The molecule has 22 heavy (non-hydrogen) atoms. The Hall–Kier alpha value is -1.71. The van der Waals surface area contributed by atoms with Crippen molar-refractivity contribution in [3.05, 3.63) is 63.9 Å². The Labute approximate surface area is 135 Å². The molecule has 1 aromatic heterocycles. The largest absolute Gasteiger partial charge is 0.386 e. The highest BCUT2D eigenvalue weighted by atomic mass is 35.5. The molecule has 1 N–H and O–H groups in total. The summed E-state index contributed by atoms with van der Waals surface area (Å²) < 4.78 is 0. The second kappa shape index (κ2) is 4.90. The van der Waals surface area contributed by atoms with E-state index in [1.54, 1.807) is 26.1 Å². The molecule has 0 unspecified atom stereocenters. The second-order valence-electron chi connectivity index (χ2n) is 6.66. The van der Waals surface area contributed by atoms with E-state index in [1.807, 2.05) is 24.4 Å². The van der Waals surface area contributed by atoms with Gasteiger partial charge in [-0.25, -0.2) is 0 Å². The molecule has 0 spiro atoms. The van der Waals surface area contributed by atoms with Crippen molar-refractivity contribution >= 4 is 17.3 Å². The summed E-state index contributed by atoms with van der Waals surface area (Å²) in [5, 5.41) is 11.1. The number of pyridine rings is 1. The molecule has 0 radical (unpaired) electrons. The van der Waals surface area contributed by atoms with Gasteiger partial charge in [-0.3, -0.25) is 9.98 Å². The number of aliphatic hydroxyl groups is 1. The first kappa shape index (κ1) is 15.2. The molecule has 1 aliphatic heterocycles. The summed E-state index contributed by atoms with van der Waals surface area (Å²) >= 11 is 6.36. The number of nitrogens with zero attached hydrogens (tertiary/aromatic N) is 2. The Kier molecular flexibility index (Phi) is 3.38. The van der Waals surface area contributed by atoms with Crippen molar-refractivity contribution in [3.8, 4) is 0 Å². The molecule has 0 atom stereocenters. The predicted octanol–water partition coefficient (Wildman–Crippen LogP) is 4.05. The molecule has 0 saturated carbocycles. The zero-order valence-electron chi connectivity index (χ0n) is 13.2. The molecule has 0 amide bonds. The van der Waals surface area contributed by atoms with Crippen LogP contribution in [0.25, 0.3) is 0 Å². The van der Waals surface area contributed by atoms with E-state index in [2.05, 4.69) is 18.8 Å². The number of rotatable bonds is 2. The number of aliphatic imine (C=N–C) groups is 1. The summed E-state index contributed by atoms with van der Waals surface area (Å²) in [4.78, 5) is 9.12. The molecule has 1 aliphatic rings. The minimum atomic E-state index is -1.05.